The minimum atomic E-state index is -0.119. The molecule has 0 aliphatic rings. The first-order valence-corrected chi connectivity index (χ1v) is 6.55. The molecule has 2 rings (SSSR count). The van der Waals surface area contributed by atoms with E-state index in [0.717, 1.165) is 0 Å². The van der Waals surface area contributed by atoms with Crippen molar-refractivity contribution < 1.29 is 4.79 Å². The van der Waals surface area contributed by atoms with Crippen LogP contribution in [0.15, 0.2) is 29.1 Å². The highest BCUT2D eigenvalue weighted by Crippen LogP contribution is 2.10. The minimum Gasteiger partial charge on any atom is -0.300 e. The van der Waals surface area contributed by atoms with Gasteiger partial charge in [-0.15, -0.1) is 6.42 Å². The lowest BCUT2D eigenvalue weighted by atomic mass is 10.1. The topological polar surface area (TPSA) is 52.0 Å². The summed E-state index contributed by atoms with van der Waals surface area (Å²) in [6, 6.07) is 7.21. The maximum absolute atomic E-state index is 12.4. The van der Waals surface area contributed by atoms with E-state index < -0.39 is 0 Å². The maximum atomic E-state index is 12.4. The molecule has 0 amide bonds. The minimum absolute atomic E-state index is 0.119. The molecule has 0 atom stereocenters. The Kier molecular flexibility index (Phi) is 4.31. The van der Waals surface area contributed by atoms with Crippen molar-refractivity contribution in [1.82, 2.24) is 9.55 Å². The Bertz CT molecular complexity index is 738. The summed E-state index contributed by atoms with van der Waals surface area (Å²) in [5.41, 5.74) is 0.551. The van der Waals surface area contributed by atoms with E-state index in [1.807, 2.05) is 12.1 Å². The van der Waals surface area contributed by atoms with Crippen molar-refractivity contribution in [2.45, 2.75) is 32.7 Å². The standard InChI is InChI=1S/C16H16N2O2/c1-3-11-18-15(10-6-7-12(2)19)17-14-9-5-4-8-13(14)16(18)20/h1,4-5,8-9H,6-7,10-11H2,2H3. The first-order valence-electron chi connectivity index (χ1n) is 6.55. The molecule has 0 bridgehead atoms. The largest absolute Gasteiger partial charge is 0.300 e. The average molecular weight is 268 g/mol. The molecule has 0 aliphatic heterocycles. The number of terminal acetylenes is 1. The summed E-state index contributed by atoms with van der Waals surface area (Å²) in [5, 5.41) is 0.568. The van der Waals surface area contributed by atoms with Gasteiger partial charge in [0, 0.05) is 12.8 Å². The van der Waals surface area contributed by atoms with E-state index in [1.165, 1.54) is 4.57 Å². The van der Waals surface area contributed by atoms with Crippen molar-refractivity contribution in [1.29, 1.82) is 0 Å². The van der Waals surface area contributed by atoms with E-state index in [0.29, 0.717) is 36.0 Å². The predicted molar refractivity (Wildman–Crippen MR) is 78.5 cm³/mol. The molecule has 1 heterocycles. The predicted octanol–water partition coefficient (Wildman–Crippen LogP) is 1.94. The Morgan fingerprint density at radius 2 is 2.15 bits per heavy atom. The molecule has 1 aromatic heterocycles. The Morgan fingerprint density at radius 3 is 2.85 bits per heavy atom. The van der Waals surface area contributed by atoms with E-state index in [2.05, 4.69) is 10.9 Å². The van der Waals surface area contributed by atoms with Gasteiger partial charge in [0.05, 0.1) is 17.4 Å². The zero-order valence-corrected chi connectivity index (χ0v) is 11.4. The van der Waals surface area contributed by atoms with Gasteiger partial charge in [-0.1, -0.05) is 18.1 Å². The number of carbonyl (C=O) groups excluding carboxylic acids is 1. The lowest BCUT2D eigenvalue weighted by Gasteiger charge is -2.10. The molecule has 0 N–H and O–H groups in total. The summed E-state index contributed by atoms with van der Waals surface area (Å²) in [7, 11) is 0. The lowest BCUT2D eigenvalue weighted by Crippen LogP contribution is -2.25. The van der Waals surface area contributed by atoms with Crippen molar-refractivity contribution in [3.63, 3.8) is 0 Å². The third kappa shape index (κ3) is 2.94. The van der Waals surface area contributed by atoms with Crippen LogP contribution >= 0.6 is 0 Å². The maximum Gasteiger partial charge on any atom is 0.262 e. The number of carbonyl (C=O) groups is 1. The lowest BCUT2D eigenvalue weighted by molar-refractivity contribution is -0.117. The van der Waals surface area contributed by atoms with Crippen molar-refractivity contribution in [3.05, 3.63) is 40.4 Å². The first kappa shape index (κ1) is 14.0. The van der Waals surface area contributed by atoms with Crippen LogP contribution in [0.3, 0.4) is 0 Å². The van der Waals surface area contributed by atoms with Crippen molar-refractivity contribution >= 4 is 16.7 Å². The fourth-order valence-corrected chi connectivity index (χ4v) is 2.15. The summed E-state index contributed by atoms with van der Waals surface area (Å²) in [6.45, 7) is 1.76. The van der Waals surface area contributed by atoms with Gasteiger partial charge >= 0.3 is 0 Å². The number of rotatable bonds is 5. The van der Waals surface area contributed by atoms with Crippen LogP contribution in [0.5, 0.6) is 0 Å². The number of fused-ring (bicyclic) bond motifs is 1. The summed E-state index contributed by atoms with van der Waals surface area (Å²) < 4.78 is 1.52. The summed E-state index contributed by atoms with van der Waals surface area (Å²) in [4.78, 5) is 27.9. The fourth-order valence-electron chi connectivity index (χ4n) is 2.15. The Morgan fingerprint density at radius 1 is 1.40 bits per heavy atom. The third-order valence-corrected chi connectivity index (χ3v) is 3.12. The zero-order valence-electron chi connectivity index (χ0n) is 11.4. The first-order chi connectivity index (χ1) is 9.63. The van der Waals surface area contributed by atoms with Crippen LogP contribution in [0, 0.1) is 12.3 Å². The number of aryl methyl sites for hydroxylation is 1. The SMILES string of the molecule is C#CCn1c(CCCC(C)=O)nc2ccccc2c1=O. The van der Waals surface area contributed by atoms with E-state index in [4.69, 9.17) is 6.42 Å². The molecule has 0 fully saturated rings. The Labute approximate surface area is 117 Å². The Balaban J connectivity index is 2.46. The van der Waals surface area contributed by atoms with Crippen molar-refractivity contribution in [3.8, 4) is 12.3 Å². The molecule has 102 valence electrons. The molecule has 4 nitrogen and oxygen atoms in total. The fraction of sp³-hybridized carbons (Fsp3) is 0.312. The van der Waals surface area contributed by atoms with Gasteiger partial charge in [-0.3, -0.25) is 9.36 Å². The molecule has 0 unspecified atom stereocenters. The number of para-hydroxylation sites is 1. The smallest absolute Gasteiger partial charge is 0.262 e. The van der Waals surface area contributed by atoms with Crippen LogP contribution in [0.4, 0.5) is 0 Å². The van der Waals surface area contributed by atoms with Gasteiger partial charge in [0.15, 0.2) is 0 Å². The molecule has 1 aromatic carbocycles. The summed E-state index contributed by atoms with van der Waals surface area (Å²) in [5.74, 6) is 3.27. The quantitative estimate of drug-likeness (QED) is 0.779. The number of hydrogen-bond acceptors (Lipinski definition) is 3. The van der Waals surface area contributed by atoms with Crippen molar-refractivity contribution in [2.24, 2.45) is 0 Å². The second-order valence-corrected chi connectivity index (χ2v) is 4.70. The molecule has 4 heteroatoms. The number of Topliss-reactive ketones (excluding diaryl/α,β-unsaturated/α-hetero) is 1. The van der Waals surface area contributed by atoms with E-state index in [9.17, 15) is 9.59 Å². The normalized spacial score (nSPS) is 10.4. The highest BCUT2D eigenvalue weighted by molar-refractivity contribution is 5.77. The van der Waals surface area contributed by atoms with Gasteiger partial charge in [0.25, 0.3) is 5.56 Å². The molecule has 0 saturated carbocycles. The molecule has 0 radical (unpaired) electrons. The van der Waals surface area contributed by atoms with Crippen LogP contribution in [-0.2, 0) is 17.8 Å². The van der Waals surface area contributed by atoms with Crippen LogP contribution in [0.1, 0.15) is 25.6 Å². The Hall–Kier alpha value is -2.41. The number of hydrogen-bond donors (Lipinski definition) is 0. The van der Waals surface area contributed by atoms with E-state index >= 15 is 0 Å². The molecule has 0 aliphatic carbocycles. The molecule has 2 aromatic rings. The van der Waals surface area contributed by atoms with Crippen LogP contribution in [0.2, 0.25) is 0 Å². The van der Waals surface area contributed by atoms with E-state index in [1.54, 1.807) is 19.1 Å². The highest BCUT2D eigenvalue weighted by atomic mass is 16.1. The zero-order chi connectivity index (χ0) is 14.5. The molecular weight excluding hydrogens is 252 g/mol. The second kappa shape index (κ2) is 6.16. The summed E-state index contributed by atoms with van der Waals surface area (Å²) >= 11 is 0. The van der Waals surface area contributed by atoms with Crippen LogP contribution < -0.4 is 5.56 Å². The molecule has 20 heavy (non-hydrogen) atoms. The monoisotopic (exact) mass is 268 g/mol. The van der Waals surface area contributed by atoms with Crippen LogP contribution in [-0.4, -0.2) is 15.3 Å². The van der Waals surface area contributed by atoms with Crippen LogP contribution in [0.25, 0.3) is 10.9 Å². The molecule has 0 saturated heterocycles. The number of nitrogens with zero attached hydrogens (tertiary/aromatic N) is 2. The van der Waals surface area contributed by atoms with E-state index in [-0.39, 0.29) is 17.9 Å². The number of aromatic nitrogens is 2. The van der Waals surface area contributed by atoms with Gasteiger partial charge in [-0.05, 0) is 25.5 Å². The average Bonchev–Trinajstić information content (AvgIpc) is 2.42. The van der Waals surface area contributed by atoms with Gasteiger partial charge in [-0.2, -0.15) is 0 Å². The molecule has 0 spiro atoms. The van der Waals surface area contributed by atoms with Gasteiger partial charge in [-0.25, -0.2) is 4.98 Å². The van der Waals surface area contributed by atoms with Crippen molar-refractivity contribution in [2.75, 3.05) is 0 Å². The third-order valence-electron chi connectivity index (χ3n) is 3.12. The molecular formula is C16H16N2O2. The van der Waals surface area contributed by atoms with Gasteiger partial charge in [0.2, 0.25) is 0 Å². The summed E-state index contributed by atoms with van der Waals surface area (Å²) in [6.07, 6.45) is 7.05. The van der Waals surface area contributed by atoms with Gasteiger partial charge < -0.3 is 4.79 Å². The second-order valence-electron chi connectivity index (χ2n) is 4.70. The number of benzene rings is 1. The van der Waals surface area contributed by atoms with Gasteiger partial charge in [0.1, 0.15) is 11.6 Å². The highest BCUT2D eigenvalue weighted by Gasteiger charge is 2.10. The number of ketones is 1.